The van der Waals surface area contributed by atoms with E-state index in [-0.39, 0.29) is 0 Å². The van der Waals surface area contributed by atoms with Gasteiger partial charge in [-0.05, 0) is 30.5 Å². The Morgan fingerprint density at radius 1 is 1.06 bits per heavy atom. The molecule has 1 aromatic carbocycles. The lowest BCUT2D eigenvalue weighted by Crippen LogP contribution is -1.85. The third kappa shape index (κ3) is 4.90. The summed E-state index contributed by atoms with van der Waals surface area (Å²) in [5.41, 5.74) is 2.01. The lowest BCUT2D eigenvalue weighted by Gasteiger charge is -2.01. The Bertz CT molecular complexity index is 336. The highest BCUT2D eigenvalue weighted by Gasteiger charge is 1.94. The number of nitrogens with zero attached hydrogens (tertiary/aromatic N) is 1. The van der Waals surface area contributed by atoms with Crippen LogP contribution in [0, 0.1) is 0 Å². The molecule has 0 aliphatic heterocycles. The molecule has 0 spiro atoms. The van der Waals surface area contributed by atoms with E-state index in [0.29, 0.717) is 5.69 Å². The van der Waals surface area contributed by atoms with Crippen LogP contribution in [0.15, 0.2) is 29.3 Å². The van der Waals surface area contributed by atoms with E-state index >= 15 is 0 Å². The van der Waals surface area contributed by atoms with Crippen molar-refractivity contribution in [3.8, 4) is 0 Å². The maximum absolute atomic E-state index is 10.0. The minimum atomic E-state index is 0.685. The molecule has 0 aliphatic carbocycles. The lowest BCUT2D eigenvalue weighted by atomic mass is 10.1. The summed E-state index contributed by atoms with van der Waals surface area (Å²) in [5.74, 6) is 0. The summed E-state index contributed by atoms with van der Waals surface area (Å²) in [5, 5.41) is 0. The fourth-order valence-corrected chi connectivity index (χ4v) is 1.72. The molecule has 0 unspecified atom stereocenters. The second-order valence-corrected chi connectivity index (χ2v) is 4.03. The van der Waals surface area contributed by atoms with Crippen LogP contribution in [0.1, 0.15) is 44.6 Å². The second kappa shape index (κ2) is 7.84. The first kappa shape index (κ1) is 12.7. The Balaban J connectivity index is 2.29. The fraction of sp³-hybridized carbons (Fsp3) is 0.500. The number of benzene rings is 1. The van der Waals surface area contributed by atoms with Gasteiger partial charge in [-0.1, -0.05) is 44.7 Å². The Kier molecular flexibility index (Phi) is 6.20. The second-order valence-electron chi connectivity index (χ2n) is 4.03. The normalized spacial score (nSPS) is 9.81. The van der Waals surface area contributed by atoms with Crippen LogP contribution in [0.4, 0.5) is 5.69 Å². The number of hydrogen-bond acceptors (Lipinski definition) is 2. The molecule has 0 bridgehead atoms. The minimum absolute atomic E-state index is 0.685. The Hall–Kier alpha value is -1.40. The first-order valence-corrected chi connectivity index (χ1v) is 6.03. The molecule has 2 heteroatoms. The van der Waals surface area contributed by atoms with Crippen molar-refractivity contribution in [2.75, 3.05) is 0 Å². The molecule has 0 radical (unpaired) electrons. The van der Waals surface area contributed by atoms with Gasteiger partial charge in [0.1, 0.15) is 0 Å². The van der Waals surface area contributed by atoms with Gasteiger partial charge in [0.05, 0.1) is 5.69 Å². The molecule has 0 amide bonds. The lowest BCUT2D eigenvalue weighted by molar-refractivity contribution is 0.565. The van der Waals surface area contributed by atoms with Crippen molar-refractivity contribution in [2.45, 2.75) is 45.4 Å². The van der Waals surface area contributed by atoms with E-state index in [4.69, 9.17) is 0 Å². The van der Waals surface area contributed by atoms with E-state index < -0.39 is 0 Å². The van der Waals surface area contributed by atoms with Crippen LogP contribution in [0.2, 0.25) is 0 Å². The molecule has 1 aromatic rings. The van der Waals surface area contributed by atoms with Crippen LogP contribution < -0.4 is 0 Å². The van der Waals surface area contributed by atoms with Gasteiger partial charge in [0, 0.05) is 0 Å². The van der Waals surface area contributed by atoms with Gasteiger partial charge in [-0.15, -0.1) is 0 Å². The zero-order valence-electron chi connectivity index (χ0n) is 9.91. The van der Waals surface area contributed by atoms with Gasteiger partial charge >= 0.3 is 0 Å². The number of aliphatic imine (C=N–C) groups is 1. The maximum Gasteiger partial charge on any atom is 0.240 e. The minimum Gasteiger partial charge on any atom is -0.211 e. The van der Waals surface area contributed by atoms with Gasteiger partial charge in [0.15, 0.2) is 0 Å². The predicted octanol–water partition coefficient (Wildman–Crippen LogP) is 4.17. The van der Waals surface area contributed by atoms with Crippen molar-refractivity contribution in [3.63, 3.8) is 0 Å². The number of aryl methyl sites for hydroxylation is 1. The van der Waals surface area contributed by atoms with Crippen LogP contribution in [0.3, 0.4) is 0 Å². The van der Waals surface area contributed by atoms with Crippen molar-refractivity contribution in [2.24, 2.45) is 4.99 Å². The standard InChI is InChI=1S/C14H19NO/c1-2-3-4-5-6-7-13-8-10-14(11-9-13)15-12-16/h8-11H,2-7H2,1H3. The highest BCUT2D eigenvalue weighted by molar-refractivity contribution is 5.49. The van der Waals surface area contributed by atoms with Gasteiger partial charge in [0.2, 0.25) is 6.08 Å². The van der Waals surface area contributed by atoms with Crippen molar-refractivity contribution in [3.05, 3.63) is 29.8 Å². The van der Waals surface area contributed by atoms with Gasteiger partial charge in [0.25, 0.3) is 0 Å². The van der Waals surface area contributed by atoms with E-state index in [9.17, 15) is 4.79 Å². The molecule has 16 heavy (non-hydrogen) atoms. The van der Waals surface area contributed by atoms with E-state index in [1.807, 2.05) is 24.3 Å². The molecule has 0 aliphatic rings. The summed E-state index contributed by atoms with van der Waals surface area (Å²) in [6.45, 7) is 2.23. The molecule has 0 N–H and O–H groups in total. The van der Waals surface area contributed by atoms with Crippen LogP contribution in [-0.2, 0) is 11.2 Å². The molecule has 0 atom stereocenters. The molecule has 0 fully saturated rings. The smallest absolute Gasteiger partial charge is 0.211 e. The summed E-state index contributed by atoms with van der Waals surface area (Å²) in [7, 11) is 0. The average Bonchev–Trinajstić information content (AvgIpc) is 2.31. The quantitative estimate of drug-likeness (QED) is 0.383. The molecule has 2 nitrogen and oxygen atoms in total. The molecular weight excluding hydrogens is 198 g/mol. The number of unbranched alkanes of at least 4 members (excludes halogenated alkanes) is 4. The van der Waals surface area contributed by atoms with Crippen molar-refractivity contribution in [1.29, 1.82) is 0 Å². The molecule has 0 saturated carbocycles. The SMILES string of the molecule is CCCCCCCc1ccc(N=C=O)cc1. The maximum atomic E-state index is 10.0. The van der Waals surface area contributed by atoms with Gasteiger partial charge in [-0.3, -0.25) is 0 Å². The topological polar surface area (TPSA) is 29.4 Å². The Morgan fingerprint density at radius 2 is 1.75 bits per heavy atom. The molecular formula is C14H19NO. The largest absolute Gasteiger partial charge is 0.240 e. The number of isocyanates is 1. The van der Waals surface area contributed by atoms with Crippen molar-refractivity contribution in [1.82, 2.24) is 0 Å². The van der Waals surface area contributed by atoms with Gasteiger partial charge in [-0.25, -0.2) is 4.79 Å². The van der Waals surface area contributed by atoms with E-state index in [2.05, 4.69) is 11.9 Å². The molecule has 86 valence electrons. The number of carbonyl (C=O) groups excluding carboxylic acids is 1. The van der Waals surface area contributed by atoms with E-state index in [0.717, 1.165) is 6.42 Å². The summed E-state index contributed by atoms with van der Waals surface area (Å²) in [4.78, 5) is 13.6. The van der Waals surface area contributed by atoms with Crippen LogP contribution in [0.25, 0.3) is 0 Å². The third-order valence-corrected chi connectivity index (χ3v) is 2.68. The number of hydrogen-bond donors (Lipinski definition) is 0. The van der Waals surface area contributed by atoms with Crippen LogP contribution >= 0.6 is 0 Å². The third-order valence-electron chi connectivity index (χ3n) is 2.68. The summed E-state index contributed by atoms with van der Waals surface area (Å²) in [6, 6.07) is 7.81. The van der Waals surface area contributed by atoms with Crippen molar-refractivity contribution < 1.29 is 4.79 Å². The molecule has 0 heterocycles. The Labute approximate surface area is 97.4 Å². The molecule has 1 rings (SSSR count). The predicted molar refractivity (Wildman–Crippen MR) is 66.7 cm³/mol. The van der Waals surface area contributed by atoms with Crippen LogP contribution in [0.5, 0.6) is 0 Å². The van der Waals surface area contributed by atoms with Gasteiger partial charge in [-0.2, -0.15) is 4.99 Å². The van der Waals surface area contributed by atoms with E-state index in [1.165, 1.54) is 37.7 Å². The highest BCUT2D eigenvalue weighted by atomic mass is 16.1. The first-order chi connectivity index (χ1) is 7.86. The zero-order chi connectivity index (χ0) is 11.6. The summed E-state index contributed by atoms with van der Waals surface area (Å²) < 4.78 is 0. The van der Waals surface area contributed by atoms with Crippen molar-refractivity contribution >= 4 is 11.8 Å². The zero-order valence-corrected chi connectivity index (χ0v) is 9.91. The Morgan fingerprint density at radius 3 is 2.38 bits per heavy atom. The monoisotopic (exact) mass is 217 g/mol. The first-order valence-electron chi connectivity index (χ1n) is 6.03. The fourth-order valence-electron chi connectivity index (χ4n) is 1.72. The molecule has 0 aromatic heterocycles. The van der Waals surface area contributed by atoms with E-state index in [1.54, 1.807) is 6.08 Å². The molecule has 0 saturated heterocycles. The van der Waals surface area contributed by atoms with Gasteiger partial charge < -0.3 is 0 Å². The highest BCUT2D eigenvalue weighted by Crippen LogP contribution is 2.14. The summed E-state index contributed by atoms with van der Waals surface area (Å²) >= 11 is 0. The average molecular weight is 217 g/mol. The van der Waals surface area contributed by atoms with Crippen LogP contribution in [-0.4, -0.2) is 6.08 Å². The summed E-state index contributed by atoms with van der Waals surface area (Å²) in [6.07, 6.45) is 9.19. The number of rotatable bonds is 7.